The number of morpholine rings is 1. The summed E-state index contributed by atoms with van der Waals surface area (Å²) in [6, 6.07) is 15.8. The maximum absolute atomic E-state index is 13.3. The van der Waals surface area contributed by atoms with E-state index in [1.807, 2.05) is 25.1 Å². The molecule has 0 radical (unpaired) electrons. The number of amides is 3. The summed E-state index contributed by atoms with van der Waals surface area (Å²) in [5.41, 5.74) is 3.40. The Hall–Kier alpha value is -3.14. The van der Waals surface area contributed by atoms with Gasteiger partial charge in [0, 0.05) is 76.8 Å². The van der Waals surface area contributed by atoms with Gasteiger partial charge >= 0.3 is 6.03 Å². The zero-order valence-electron chi connectivity index (χ0n) is 21.2. The van der Waals surface area contributed by atoms with Crippen LogP contribution in [0.15, 0.2) is 48.5 Å². The molecule has 36 heavy (non-hydrogen) atoms. The predicted molar refractivity (Wildman–Crippen MR) is 143 cm³/mol. The summed E-state index contributed by atoms with van der Waals surface area (Å²) in [6.07, 6.45) is 0. The maximum atomic E-state index is 13.3. The number of nitrogens with zero attached hydrogens (tertiary/aromatic N) is 3. The van der Waals surface area contributed by atoms with Crippen LogP contribution in [0.25, 0.3) is 0 Å². The van der Waals surface area contributed by atoms with Gasteiger partial charge in [-0.2, -0.15) is 0 Å². The number of anilines is 2. The van der Waals surface area contributed by atoms with Crippen LogP contribution < -0.4 is 20.9 Å². The lowest BCUT2D eigenvalue weighted by Gasteiger charge is -2.37. The van der Waals surface area contributed by atoms with Crippen molar-refractivity contribution in [1.82, 2.24) is 20.4 Å². The number of hydrogen-bond acceptors (Lipinski definition) is 6. The van der Waals surface area contributed by atoms with Gasteiger partial charge < -0.3 is 25.6 Å². The summed E-state index contributed by atoms with van der Waals surface area (Å²) in [5.74, 6) is -0.121. The summed E-state index contributed by atoms with van der Waals surface area (Å²) in [4.78, 5) is 32.4. The molecular formula is C27H38N6O3. The zero-order valence-corrected chi connectivity index (χ0v) is 21.2. The molecule has 0 bridgehead atoms. The number of ether oxygens (including phenoxy) is 1. The Balaban J connectivity index is 1.41. The van der Waals surface area contributed by atoms with E-state index in [-0.39, 0.29) is 11.9 Å². The molecule has 9 heteroatoms. The molecule has 2 aliphatic heterocycles. The molecule has 194 valence electrons. The highest BCUT2D eigenvalue weighted by Crippen LogP contribution is 2.26. The molecule has 0 saturated carbocycles. The van der Waals surface area contributed by atoms with Crippen molar-refractivity contribution >= 4 is 23.3 Å². The minimum Gasteiger partial charge on any atom is -0.379 e. The number of benzene rings is 2. The number of carbonyl (C=O) groups is 2. The summed E-state index contributed by atoms with van der Waals surface area (Å²) in [5, 5.41) is 8.65. The molecule has 0 spiro atoms. The number of hydrogen-bond donors (Lipinski definition) is 3. The molecule has 2 aliphatic rings. The van der Waals surface area contributed by atoms with E-state index in [1.165, 1.54) is 5.56 Å². The fourth-order valence-corrected chi connectivity index (χ4v) is 4.64. The van der Waals surface area contributed by atoms with Crippen LogP contribution in [-0.4, -0.2) is 93.9 Å². The van der Waals surface area contributed by atoms with Crippen LogP contribution in [0.4, 0.5) is 16.2 Å². The monoisotopic (exact) mass is 494 g/mol. The maximum Gasteiger partial charge on any atom is 0.319 e. The molecule has 2 aromatic rings. The van der Waals surface area contributed by atoms with Crippen LogP contribution in [0.3, 0.4) is 0 Å². The molecule has 0 aliphatic carbocycles. The average Bonchev–Trinajstić information content (AvgIpc) is 2.90. The van der Waals surface area contributed by atoms with Crippen molar-refractivity contribution < 1.29 is 14.3 Å². The van der Waals surface area contributed by atoms with Gasteiger partial charge in [0.05, 0.1) is 18.8 Å². The predicted octanol–water partition coefficient (Wildman–Crippen LogP) is 2.21. The van der Waals surface area contributed by atoms with Crippen molar-refractivity contribution in [2.45, 2.75) is 13.5 Å². The molecule has 0 atom stereocenters. The van der Waals surface area contributed by atoms with E-state index in [2.05, 4.69) is 54.9 Å². The second-order valence-corrected chi connectivity index (χ2v) is 9.18. The Labute approximate surface area is 213 Å². The van der Waals surface area contributed by atoms with Crippen molar-refractivity contribution in [2.24, 2.45) is 0 Å². The largest absolute Gasteiger partial charge is 0.379 e. The van der Waals surface area contributed by atoms with Crippen molar-refractivity contribution in [3.8, 4) is 0 Å². The third-order valence-corrected chi connectivity index (χ3v) is 6.62. The van der Waals surface area contributed by atoms with Gasteiger partial charge in [-0.1, -0.05) is 30.3 Å². The van der Waals surface area contributed by atoms with Gasteiger partial charge in [0.25, 0.3) is 5.91 Å². The number of rotatable bonds is 9. The second-order valence-electron chi connectivity index (χ2n) is 9.18. The fourth-order valence-electron chi connectivity index (χ4n) is 4.64. The molecule has 2 saturated heterocycles. The minimum absolute atomic E-state index is 0.121. The van der Waals surface area contributed by atoms with E-state index in [0.717, 1.165) is 71.3 Å². The molecule has 3 amide bonds. The van der Waals surface area contributed by atoms with Gasteiger partial charge in [-0.25, -0.2) is 4.79 Å². The Morgan fingerprint density at radius 3 is 2.36 bits per heavy atom. The van der Waals surface area contributed by atoms with Crippen LogP contribution in [0.5, 0.6) is 0 Å². The normalized spacial score (nSPS) is 17.0. The quantitative estimate of drug-likeness (QED) is 0.495. The molecule has 0 aromatic heterocycles. The third-order valence-electron chi connectivity index (χ3n) is 6.62. The smallest absolute Gasteiger partial charge is 0.319 e. The van der Waals surface area contributed by atoms with Crippen molar-refractivity contribution in [3.63, 3.8) is 0 Å². The summed E-state index contributed by atoms with van der Waals surface area (Å²) in [6.45, 7) is 11.5. The molecular weight excluding hydrogens is 456 g/mol. The van der Waals surface area contributed by atoms with E-state index in [0.29, 0.717) is 24.3 Å². The van der Waals surface area contributed by atoms with Crippen LogP contribution in [0.1, 0.15) is 22.8 Å². The highest BCUT2D eigenvalue weighted by atomic mass is 16.5. The second kappa shape index (κ2) is 13.2. The van der Waals surface area contributed by atoms with E-state index in [4.69, 9.17) is 4.74 Å². The highest BCUT2D eigenvalue weighted by molar-refractivity contribution is 6.02. The van der Waals surface area contributed by atoms with Gasteiger partial charge in [0.2, 0.25) is 0 Å². The SMILES string of the molecule is CCNC(=O)Nc1ccc(N2CCN(Cc3ccccc3)CC2)c(C(=O)NCCN2CCOCC2)c1. The molecule has 2 heterocycles. The molecule has 2 aromatic carbocycles. The molecule has 3 N–H and O–H groups in total. The first-order chi connectivity index (χ1) is 17.6. The topological polar surface area (TPSA) is 89.2 Å². The lowest BCUT2D eigenvalue weighted by molar-refractivity contribution is 0.0383. The number of carbonyl (C=O) groups excluding carboxylic acids is 2. The van der Waals surface area contributed by atoms with Crippen LogP contribution in [-0.2, 0) is 11.3 Å². The van der Waals surface area contributed by atoms with Crippen LogP contribution in [0.2, 0.25) is 0 Å². The van der Waals surface area contributed by atoms with Gasteiger partial charge in [0.1, 0.15) is 0 Å². The molecule has 2 fully saturated rings. The van der Waals surface area contributed by atoms with Crippen molar-refractivity contribution in [1.29, 1.82) is 0 Å². The minimum atomic E-state index is -0.279. The standard InChI is InChI=1S/C27H38N6O3/c1-2-28-27(35)30-23-8-9-25(24(20-23)26(34)29-10-11-31-16-18-36-19-17-31)33-14-12-32(13-15-33)21-22-6-4-3-5-7-22/h3-9,20H,2,10-19,21H2,1H3,(H,29,34)(H2,28,30,35). The van der Waals surface area contributed by atoms with E-state index in [1.54, 1.807) is 6.07 Å². The summed E-state index contributed by atoms with van der Waals surface area (Å²) in [7, 11) is 0. The molecule has 9 nitrogen and oxygen atoms in total. The lowest BCUT2D eigenvalue weighted by Crippen LogP contribution is -2.46. The Bertz CT molecular complexity index is 988. The number of urea groups is 1. The first-order valence-electron chi connectivity index (χ1n) is 12.9. The Kier molecular flexibility index (Phi) is 9.54. The van der Waals surface area contributed by atoms with E-state index in [9.17, 15) is 9.59 Å². The zero-order chi connectivity index (χ0) is 25.2. The van der Waals surface area contributed by atoms with Gasteiger partial charge in [-0.3, -0.25) is 14.6 Å². The number of nitrogens with one attached hydrogen (secondary N) is 3. The number of piperazine rings is 1. The first kappa shape index (κ1) is 25.9. The highest BCUT2D eigenvalue weighted by Gasteiger charge is 2.23. The lowest BCUT2D eigenvalue weighted by atomic mass is 10.1. The van der Waals surface area contributed by atoms with Gasteiger partial charge in [0.15, 0.2) is 0 Å². The summed E-state index contributed by atoms with van der Waals surface area (Å²) < 4.78 is 5.40. The average molecular weight is 495 g/mol. The van der Waals surface area contributed by atoms with Gasteiger partial charge in [-0.05, 0) is 30.7 Å². The van der Waals surface area contributed by atoms with Crippen LogP contribution >= 0.6 is 0 Å². The van der Waals surface area contributed by atoms with E-state index < -0.39 is 0 Å². The summed E-state index contributed by atoms with van der Waals surface area (Å²) >= 11 is 0. The van der Waals surface area contributed by atoms with E-state index >= 15 is 0 Å². The molecule has 0 unspecified atom stereocenters. The Morgan fingerprint density at radius 1 is 0.889 bits per heavy atom. The van der Waals surface area contributed by atoms with Gasteiger partial charge in [-0.15, -0.1) is 0 Å². The van der Waals surface area contributed by atoms with Crippen LogP contribution in [0, 0.1) is 0 Å². The first-order valence-corrected chi connectivity index (χ1v) is 12.9. The fraction of sp³-hybridized carbons (Fsp3) is 0.481. The molecule has 4 rings (SSSR count). The van der Waals surface area contributed by atoms with Crippen molar-refractivity contribution in [3.05, 3.63) is 59.7 Å². The Morgan fingerprint density at radius 2 is 1.64 bits per heavy atom. The third kappa shape index (κ3) is 7.43. The van der Waals surface area contributed by atoms with Crippen molar-refractivity contribution in [2.75, 3.05) is 82.3 Å².